The van der Waals surface area contributed by atoms with Crippen LogP contribution in [0.1, 0.15) is 37.9 Å². The van der Waals surface area contributed by atoms with Gasteiger partial charge in [0.2, 0.25) is 5.91 Å². The number of aliphatic carboxylic acids is 1. The molecule has 21 heavy (non-hydrogen) atoms. The summed E-state index contributed by atoms with van der Waals surface area (Å²) in [4.78, 5) is 24.3. The smallest absolute Gasteiger partial charge is 0.303 e. The summed E-state index contributed by atoms with van der Waals surface area (Å²) >= 11 is 0. The summed E-state index contributed by atoms with van der Waals surface area (Å²) in [6, 6.07) is 5.22. The molecule has 2 rings (SSSR count). The van der Waals surface area contributed by atoms with Crippen LogP contribution in [0.5, 0.6) is 5.75 Å². The molecule has 1 aromatic rings. The van der Waals surface area contributed by atoms with Crippen LogP contribution in [0.3, 0.4) is 0 Å². The molecule has 1 heterocycles. The van der Waals surface area contributed by atoms with E-state index in [0.29, 0.717) is 36.6 Å². The summed E-state index contributed by atoms with van der Waals surface area (Å²) in [7, 11) is 0. The van der Waals surface area contributed by atoms with Crippen LogP contribution in [0.15, 0.2) is 18.2 Å². The van der Waals surface area contributed by atoms with Gasteiger partial charge >= 0.3 is 5.97 Å². The second-order valence-corrected chi connectivity index (χ2v) is 5.04. The quantitative estimate of drug-likeness (QED) is 0.863. The summed E-state index contributed by atoms with van der Waals surface area (Å²) in [6.07, 6.45) is -0.00383. The summed E-state index contributed by atoms with van der Waals surface area (Å²) in [5, 5.41) is 18.4. The van der Waals surface area contributed by atoms with E-state index in [2.05, 4.69) is 0 Å². The van der Waals surface area contributed by atoms with Gasteiger partial charge < -0.3 is 19.8 Å². The molecule has 6 heteroatoms. The number of anilines is 1. The van der Waals surface area contributed by atoms with Gasteiger partial charge in [-0.3, -0.25) is 9.59 Å². The van der Waals surface area contributed by atoms with Gasteiger partial charge in [-0.05, 0) is 31.0 Å². The fourth-order valence-electron chi connectivity index (χ4n) is 2.28. The number of hydrogen-bond donors (Lipinski definition) is 2. The molecule has 114 valence electrons. The fraction of sp³-hybridized carbons (Fsp3) is 0.467. The zero-order chi connectivity index (χ0) is 15.4. The minimum Gasteiger partial charge on any atom is -0.491 e. The van der Waals surface area contributed by atoms with Crippen molar-refractivity contribution in [2.24, 2.45) is 0 Å². The van der Waals surface area contributed by atoms with E-state index >= 15 is 0 Å². The number of ether oxygens (including phenoxy) is 1. The van der Waals surface area contributed by atoms with Gasteiger partial charge in [0, 0.05) is 13.0 Å². The summed E-state index contributed by atoms with van der Waals surface area (Å²) in [6.45, 7) is 2.27. The SMILES string of the molecule is CC(O)c1ccc2c(c1)N(CCCC(=O)O)C(=O)CCO2. The topological polar surface area (TPSA) is 87.1 Å². The van der Waals surface area contributed by atoms with Gasteiger partial charge in [0.15, 0.2) is 0 Å². The number of carbonyl (C=O) groups excluding carboxylic acids is 1. The molecule has 0 spiro atoms. The number of nitrogens with zero attached hydrogens (tertiary/aromatic N) is 1. The molecular formula is C15H19NO5. The average molecular weight is 293 g/mol. The highest BCUT2D eigenvalue weighted by atomic mass is 16.5. The molecule has 1 amide bonds. The van der Waals surface area contributed by atoms with Gasteiger partial charge in [-0.1, -0.05) is 6.07 Å². The normalized spacial score (nSPS) is 15.9. The van der Waals surface area contributed by atoms with E-state index in [1.165, 1.54) is 0 Å². The van der Waals surface area contributed by atoms with Crippen LogP contribution in [0.4, 0.5) is 5.69 Å². The zero-order valence-electron chi connectivity index (χ0n) is 11.9. The molecule has 0 fully saturated rings. The minimum atomic E-state index is -0.883. The Labute approximate surface area is 122 Å². The number of aliphatic hydroxyl groups is 1. The van der Waals surface area contributed by atoms with E-state index < -0.39 is 12.1 Å². The Morgan fingerprint density at radius 3 is 2.90 bits per heavy atom. The molecule has 0 aromatic heterocycles. The maximum Gasteiger partial charge on any atom is 0.303 e. The molecule has 0 saturated heterocycles. The molecule has 1 aromatic carbocycles. The van der Waals surface area contributed by atoms with Crippen molar-refractivity contribution in [3.63, 3.8) is 0 Å². The van der Waals surface area contributed by atoms with E-state index in [1.807, 2.05) is 0 Å². The van der Waals surface area contributed by atoms with Gasteiger partial charge in [0.25, 0.3) is 0 Å². The molecule has 1 unspecified atom stereocenters. The van der Waals surface area contributed by atoms with Crippen LogP contribution in [0.2, 0.25) is 0 Å². The summed E-state index contributed by atoms with van der Waals surface area (Å²) in [5.74, 6) is -0.395. The van der Waals surface area contributed by atoms with Crippen molar-refractivity contribution in [2.75, 3.05) is 18.1 Å². The molecule has 0 aliphatic carbocycles. The highest BCUT2D eigenvalue weighted by molar-refractivity contribution is 5.95. The Bertz CT molecular complexity index is 541. The lowest BCUT2D eigenvalue weighted by atomic mass is 10.1. The van der Waals surface area contributed by atoms with Crippen LogP contribution in [-0.2, 0) is 9.59 Å². The van der Waals surface area contributed by atoms with Crippen LogP contribution in [-0.4, -0.2) is 35.2 Å². The zero-order valence-corrected chi connectivity index (χ0v) is 11.9. The van der Waals surface area contributed by atoms with Crippen LogP contribution < -0.4 is 9.64 Å². The molecule has 0 bridgehead atoms. The van der Waals surface area contributed by atoms with E-state index in [0.717, 1.165) is 0 Å². The molecule has 0 radical (unpaired) electrons. The largest absolute Gasteiger partial charge is 0.491 e. The predicted molar refractivity (Wildman–Crippen MR) is 76.4 cm³/mol. The third-order valence-corrected chi connectivity index (χ3v) is 3.40. The lowest BCUT2D eigenvalue weighted by molar-refractivity contribution is -0.137. The number of hydrogen-bond acceptors (Lipinski definition) is 4. The van der Waals surface area contributed by atoms with Crippen LogP contribution in [0.25, 0.3) is 0 Å². The van der Waals surface area contributed by atoms with Gasteiger partial charge in [-0.15, -0.1) is 0 Å². The van der Waals surface area contributed by atoms with E-state index in [9.17, 15) is 14.7 Å². The average Bonchev–Trinajstić information content (AvgIpc) is 2.57. The minimum absolute atomic E-state index is 0.00998. The Morgan fingerprint density at radius 1 is 1.48 bits per heavy atom. The first-order valence-corrected chi connectivity index (χ1v) is 6.96. The standard InChI is InChI=1S/C15H19NO5/c1-10(17)11-4-5-13-12(9-11)16(7-2-3-15(19)20)14(18)6-8-21-13/h4-5,9-10,17H,2-3,6-8H2,1H3,(H,19,20). The van der Waals surface area contributed by atoms with Crippen molar-refractivity contribution in [2.45, 2.75) is 32.3 Å². The molecule has 1 aliphatic heterocycles. The first kappa shape index (κ1) is 15.3. The number of carboxylic acids is 1. The number of carbonyl (C=O) groups is 2. The Hall–Kier alpha value is -2.08. The Kier molecular flexibility index (Phi) is 4.80. The van der Waals surface area contributed by atoms with Gasteiger partial charge in [0.1, 0.15) is 5.75 Å². The van der Waals surface area contributed by atoms with Gasteiger partial charge in [0.05, 0.1) is 24.8 Å². The van der Waals surface area contributed by atoms with E-state index in [-0.39, 0.29) is 18.7 Å². The number of carboxylic acid groups (broad SMARTS) is 1. The summed E-state index contributed by atoms with van der Waals surface area (Å²) < 4.78 is 5.55. The van der Waals surface area contributed by atoms with Crippen molar-refractivity contribution < 1.29 is 24.5 Å². The lowest BCUT2D eigenvalue weighted by Crippen LogP contribution is -2.31. The Balaban J connectivity index is 2.27. The number of benzene rings is 1. The third kappa shape index (κ3) is 3.72. The Morgan fingerprint density at radius 2 is 2.24 bits per heavy atom. The molecular weight excluding hydrogens is 274 g/mol. The molecule has 2 N–H and O–H groups in total. The van der Waals surface area contributed by atoms with Crippen molar-refractivity contribution in [1.29, 1.82) is 0 Å². The van der Waals surface area contributed by atoms with Crippen molar-refractivity contribution in [3.05, 3.63) is 23.8 Å². The molecule has 0 saturated carbocycles. The first-order chi connectivity index (χ1) is 9.99. The highest BCUT2D eigenvalue weighted by Gasteiger charge is 2.24. The fourth-order valence-corrected chi connectivity index (χ4v) is 2.28. The molecule has 6 nitrogen and oxygen atoms in total. The summed E-state index contributed by atoms with van der Waals surface area (Å²) in [5.41, 5.74) is 1.29. The first-order valence-electron chi connectivity index (χ1n) is 6.96. The second-order valence-electron chi connectivity index (χ2n) is 5.04. The van der Waals surface area contributed by atoms with Gasteiger partial charge in [-0.25, -0.2) is 0 Å². The van der Waals surface area contributed by atoms with Crippen LogP contribution in [0, 0.1) is 0 Å². The van der Waals surface area contributed by atoms with E-state index in [4.69, 9.17) is 9.84 Å². The number of amides is 1. The number of rotatable bonds is 5. The van der Waals surface area contributed by atoms with Crippen LogP contribution >= 0.6 is 0 Å². The molecule has 1 aliphatic rings. The van der Waals surface area contributed by atoms with Crippen molar-refractivity contribution >= 4 is 17.6 Å². The predicted octanol–water partition coefficient (Wildman–Crippen LogP) is 1.72. The maximum absolute atomic E-state index is 12.2. The number of fused-ring (bicyclic) bond motifs is 1. The second kappa shape index (κ2) is 6.58. The lowest BCUT2D eigenvalue weighted by Gasteiger charge is -2.22. The monoisotopic (exact) mass is 293 g/mol. The maximum atomic E-state index is 12.2. The van der Waals surface area contributed by atoms with Crippen molar-refractivity contribution in [1.82, 2.24) is 0 Å². The van der Waals surface area contributed by atoms with Gasteiger partial charge in [-0.2, -0.15) is 0 Å². The highest BCUT2D eigenvalue weighted by Crippen LogP contribution is 2.34. The molecule has 1 atom stereocenters. The van der Waals surface area contributed by atoms with Crippen molar-refractivity contribution in [3.8, 4) is 5.75 Å². The third-order valence-electron chi connectivity index (χ3n) is 3.40. The van der Waals surface area contributed by atoms with E-state index in [1.54, 1.807) is 30.0 Å². The number of aliphatic hydroxyl groups excluding tert-OH is 1.